The van der Waals surface area contributed by atoms with Crippen LogP contribution in [0.4, 0.5) is 10.5 Å². The summed E-state index contributed by atoms with van der Waals surface area (Å²) in [4.78, 5) is 23.8. The Hall–Kier alpha value is -2.08. The van der Waals surface area contributed by atoms with Gasteiger partial charge >= 0.3 is 6.03 Å². The monoisotopic (exact) mass is 332 g/mol. The first-order chi connectivity index (χ1) is 11.3. The first-order valence-electron chi connectivity index (χ1n) is 8.58. The molecule has 1 saturated carbocycles. The lowest BCUT2D eigenvalue weighted by atomic mass is 10.0. The van der Waals surface area contributed by atoms with E-state index >= 15 is 0 Å². The summed E-state index contributed by atoms with van der Waals surface area (Å²) in [6.07, 6.45) is 2.78. The van der Waals surface area contributed by atoms with Crippen LogP contribution in [0.25, 0.3) is 0 Å². The molecule has 2 atom stereocenters. The highest BCUT2D eigenvalue weighted by Gasteiger charge is 2.23. The molecule has 1 aromatic carbocycles. The van der Waals surface area contributed by atoms with Gasteiger partial charge in [-0.15, -0.1) is 0 Å². The van der Waals surface area contributed by atoms with Crippen LogP contribution in [0.5, 0.6) is 0 Å². The summed E-state index contributed by atoms with van der Waals surface area (Å²) < 4.78 is 0. The van der Waals surface area contributed by atoms with Crippen molar-refractivity contribution in [2.45, 2.75) is 58.2 Å². The van der Waals surface area contributed by atoms with E-state index in [0.29, 0.717) is 18.4 Å². The molecular formula is C18H28N4O2. The van der Waals surface area contributed by atoms with Gasteiger partial charge in [-0.2, -0.15) is 0 Å². The van der Waals surface area contributed by atoms with Crippen LogP contribution in [0.15, 0.2) is 24.3 Å². The van der Waals surface area contributed by atoms with Gasteiger partial charge < -0.3 is 21.7 Å². The van der Waals surface area contributed by atoms with Gasteiger partial charge in [0.2, 0.25) is 5.91 Å². The average molecular weight is 332 g/mol. The standard InChI is InChI=1S/C18H28N4O2/c1-11(2)10-16(19)17(23)20-12(3)13-4-6-14(7-5-13)21-18(24)22-15-8-9-15/h4-7,11-12,15-16H,8-10,19H2,1-3H3,(H,20,23)(H2,21,22,24)/t12?,16-/m0/s1. The van der Waals surface area contributed by atoms with E-state index in [1.54, 1.807) is 0 Å². The fraction of sp³-hybridized carbons (Fsp3) is 0.556. The summed E-state index contributed by atoms with van der Waals surface area (Å²) in [5, 5.41) is 8.61. The molecule has 0 heterocycles. The van der Waals surface area contributed by atoms with E-state index in [-0.39, 0.29) is 18.0 Å². The zero-order chi connectivity index (χ0) is 17.7. The summed E-state index contributed by atoms with van der Waals surface area (Å²) in [6.45, 7) is 6.01. The zero-order valence-corrected chi connectivity index (χ0v) is 14.6. The molecule has 1 aromatic rings. The van der Waals surface area contributed by atoms with Crippen molar-refractivity contribution in [1.82, 2.24) is 10.6 Å². The van der Waals surface area contributed by atoms with Crippen LogP contribution >= 0.6 is 0 Å². The first kappa shape index (κ1) is 18.3. The van der Waals surface area contributed by atoms with Crippen molar-refractivity contribution in [2.24, 2.45) is 11.7 Å². The third-order valence-electron chi connectivity index (χ3n) is 4.00. The second kappa shape index (κ2) is 8.15. The Morgan fingerprint density at radius 2 is 1.79 bits per heavy atom. The molecule has 0 saturated heterocycles. The van der Waals surface area contributed by atoms with Gasteiger partial charge in [-0.05, 0) is 49.8 Å². The quantitative estimate of drug-likeness (QED) is 0.618. The van der Waals surface area contributed by atoms with Crippen LogP contribution in [-0.2, 0) is 4.79 Å². The smallest absolute Gasteiger partial charge is 0.319 e. The summed E-state index contributed by atoms with van der Waals surface area (Å²) in [5.74, 6) is 0.246. The normalized spacial score (nSPS) is 16.4. The Morgan fingerprint density at radius 3 is 2.33 bits per heavy atom. The van der Waals surface area contributed by atoms with Gasteiger partial charge in [0.1, 0.15) is 0 Å². The molecule has 2 rings (SSSR count). The summed E-state index contributed by atoms with van der Waals surface area (Å²) in [5.41, 5.74) is 7.60. The summed E-state index contributed by atoms with van der Waals surface area (Å²) in [6, 6.07) is 6.99. The Balaban J connectivity index is 1.84. The second-order valence-corrected chi connectivity index (χ2v) is 6.96. The van der Waals surface area contributed by atoms with Gasteiger partial charge in [-0.1, -0.05) is 26.0 Å². The molecule has 0 aromatic heterocycles. The third-order valence-corrected chi connectivity index (χ3v) is 4.00. The highest BCUT2D eigenvalue weighted by Crippen LogP contribution is 2.19. The number of benzene rings is 1. The van der Waals surface area contributed by atoms with Crippen LogP contribution in [0.1, 0.15) is 51.6 Å². The minimum atomic E-state index is -0.487. The molecule has 3 amide bonds. The molecule has 1 unspecified atom stereocenters. The molecule has 132 valence electrons. The molecule has 1 aliphatic rings. The third kappa shape index (κ3) is 5.85. The van der Waals surface area contributed by atoms with Crippen molar-refractivity contribution in [2.75, 3.05) is 5.32 Å². The number of rotatable bonds is 7. The highest BCUT2D eigenvalue weighted by molar-refractivity contribution is 5.89. The molecule has 1 fully saturated rings. The maximum absolute atomic E-state index is 12.1. The number of anilines is 1. The molecule has 0 spiro atoms. The van der Waals surface area contributed by atoms with Crippen molar-refractivity contribution in [3.8, 4) is 0 Å². The Bertz CT molecular complexity index is 567. The van der Waals surface area contributed by atoms with Crippen LogP contribution in [0, 0.1) is 5.92 Å². The van der Waals surface area contributed by atoms with Gasteiger partial charge in [0, 0.05) is 11.7 Å². The Labute approximate surface area is 143 Å². The predicted molar refractivity (Wildman–Crippen MR) is 95.6 cm³/mol. The van der Waals surface area contributed by atoms with Crippen molar-refractivity contribution >= 4 is 17.6 Å². The topological polar surface area (TPSA) is 96.2 Å². The molecule has 6 nitrogen and oxygen atoms in total. The van der Waals surface area contributed by atoms with Crippen molar-refractivity contribution < 1.29 is 9.59 Å². The van der Waals surface area contributed by atoms with Crippen molar-refractivity contribution in [3.63, 3.8) is 0 Å². The first-order valence-corrected chi connectivity index (χ1v) is 8.58. The minimum Gasteiger partial charge on any atom is -0.348 e. The van der Waals surface area contributed by atoms with E-state index in [9.17, 15) is 9.59 Å². The fourth-order valence-corrected chi connectivity index (χ4v) is 2.45. The Kier molecular flexibility index (Phi) is 6.20. The predicted octanol–water partition coefficient (Wildman–Crippen LogP) is 2.52. The van der Waals surface area contributed by atoms with Crippen LogP contribution in [0.2, 0.25) is 0 Å². The van der Waals surface area contributed by atoms with E-state index < -0.39 is 6.04 Å². The molecule has 1 aliphatic carbocycles. The number of nitrogens with two attached hydrogens (primary N) is 1. The van der Waals surface area contributed by atoms with Crippen LogP contribution < -0.4 is 21.7 Å². The summed E-state index contributed by atoms with van der Waals surface area (Å²) >= 11 is 0. The number of urea groups is 1. The molecule has 24 heavy (non-hydrogen) atoms. The maximum Gasteiger partial charge on any atom is 0.319 e. The number of nitrogens with one attached hydrogen (secondary N) is 3. The van der Waals surface area contributed by atoms with Crippen LogP contribution in [-0.4, -0.2) is 24.0 Å². The summed E-state index contributed by atoms with van der Waals surface area (Å²) in [7, 11) is 0. The minimum absolute atomic E-state index is 0.134. The van der Waals surface area contributed by atoms with Gasteiger partial charge in [0.25, 0.3) is 0 Å². The largest absolute Gasteiger partial charge is 0.348 e. The lowest BCUT2D eigenvalue weighted by Gasteiger charge is -2.19. The van der Waals surface area contributed by atoms with E-state index in [2.05, 4.69) is 16.0 Å². The fourth-order valence-electron chi connectivity index (χ4n) is 2.45. The zero-order valence-electron chi connectivity index (χ0n) is 14.6. The van der Waals surface area contributed by atoms with Gasteiger partial charge in [-0.25, -0.2) is 4.79 Å². The lowest BCUT2D eigenvalue weighted by molar-refractivity contribution is -0.123. The number of carbonyl (C=O) groups excluding carboxylic acids is 2. The second-order valence-electron chi connectivity index (χ2n) is 6.96. The highest BCUT2D eigenvalue weighted by atomic mass is 16.2. The van der Waals surface area contributed by atoms with E-state index in [0.717, 1.165) is 24.1 Å². The molecule has 0 radical (unpaired) electrons. The maximum atomic E-state index is 12.1. The molecular weight excluding hydrogens is 304 g/mol. The van der Waals surface area contributed by atoms with Gasteiger partial charge in [0.05, 0.1) is 12.1 Å². The van der Waals surface area contributed by atoms with E-state index in [1.165, 1.54) is 0 Å². The average Bonchev–Trinajstić information content (AvgIpc) is 3.30. The molecule has 6 heteroatoms. The van der Waals surface area contributed by atoms with Gasteiger partial charge in [0.15, 0.2) is 0 Å². The van der Waals surface area contributed by atoms with E-state index in [4.69, 9.17) is 5.73 Å². The number of hydrogen-bond donors (Lipinski definition) is 4. The van der Waals surface area contributed by atoms with Gasteiger partial charge in [-0.3, -0.25) is 4.79 Å². The molecule has 0 aliphatic heterocycles. The lowest BCUT2D eigenvalue weighted by Crippen LogP contribution is -2.42. The SMILES string of the molecule is CC(C)C[C@H](N)C(=O)NC(C)c1ccc(NC(=O)NC2CC2)cc1. The van der Waals surface area contributed by atoms with Crippen LogP contribution in [0.3, 0.4) is 0 Å². The van der Waals surface area contributed by atoms with Crippen molar-refractivity contribution in [1.29, 1.82) is 0 Å². The molecule has 0 bridgehead atoms. The van der Waals surface area contributed by atoms with E-state index in [1.807, 2.05) is 45.0 Å². The number of amides is 3. The Morgan fingerprint density at radius 1 is 1.17 bits per heavy atom. The molecule has 5 N–H and O–H groups in total. The number of hydrogen-bond acceptors (Lipinski definition) is 3. The number of carbonyl (C=O) groups is 2. The van der Waals surface area contributed by atoms with Crippen molar-refractivity contribution in [3.05, 3.63) is 29.8 Å².